The van der Waals surface area contributed by atoms with Crippen molar-refractivity contribution in [2.24, 2.45) is 13.0 Å². The molecule has 6 heteroatoms. The Kier molecular flexibility index (Phi) is 5.16. The molecule has 1 N–H and O–H groups in total. The third-order valence-electron chi connectivity index (χ3n) is 4.71. The van der Waals surface area contributed by atoms with Crippen molar-refractivity contribution in [3.8, 4) is 0 Å². The Bertz CT molecular complexity index is 815. The molecular formula is C19H24N4O2. The van der Waals surface area contributed by atoms with Crippen LogP contribution in [0.25, 0.3) is 0 Å². The first-order valence-corrected chi connectivity index (χ1v) is 8.75. The molecule has 0 bridgehead atoms. The van der Waals surface area contributed by atoms with Crippen LogP contribution in [0.2, 0.25) is 0 Å². The van der Waals surface area contributed by atoms with Gasteiger partial charge in [-0.15, -0.1) is 0 Å². The minimum Gasteiger partial charge on any atom is -0.369 e. The molecule has 1 aromatic carbocycles. The van der Waals surface area contributed by atoms with Crippen LogP contribution in [0.1, 0.15) is 25.3 Å². The molecule has 6 nitrogen and oxygen atoms in total. The van der Waals surface area contributed by atoms with Crippen molar-refractivity contribution in [2.75, 3.05) is 23.3 Å². The highest BCUT2D eigenvalue weighted by Crippen LogP contribution is 2.23. The van der Waals surface area contributed by atoms with Gasteiger partial charge < -0.3 is 10.2 Å². The summed E-state index contributed by atoms with van der Waals surface area (Å²) in [4.78, 5) is 26.5. The van der Waals surface area contributed by atoms with E-state index < -0.39 is 0 Å². The molecule has 0 aliphatic carbocycles. The summed E-state index contributed by atoms with van der Waals surface area (Å²) in [6.07, 6.45) is 4.40. The van der Waals surface area contributed by atoms with Gasteiger partial charge in [-0.2, -0.15) is 5.10 Å². The maximum Gasteiger partial charge on any atom is 0.268 e. The standard InChI is InChI=1S/C19H24N4O2/c1-3-14-6-4-8-16(10-14)21-19(25)15-7-5-9-23(13-15)17-11-18(24)22(2)20-12-17/h4,6,8,10-12,15H,3,5,7,9,13H2,1-2H3,(H,21,25)/t15-/m1/s1. The van der Waals surface area contributed by atoms with Crippen molar-refractivity contribution < 1.29 is 4.79 Å². The molecule has 0 saturated carbocycles. The van der Waals surface area contributed by atoms with Crippen molar-refractivity contribution in [2.45, 2.75) is 26.2 Å². The van der Waals surface area contributed by atoms with Crippen LogP contribution in [0.5, 0.6) is 0 Å². The van der Waals surface area contributed by atoms with E-state index in [1.54, 1.807) is 19.3 Å². The zero-order chi connectivity index (χ0) is 17.8. The van der Waals surface area contributed by atoms with Crippen molar-refractivity contribution >= 4 is 17.3 Å². The predicted molar refractivity (Wildman–Crippen MR) is 98.9 cm³/mol. The van der Waals surface area contributed by atoms with Crippen molar-refractivity contribution in [3.63, 3.8) is 0 Å². The largest absolute Gasteiger partial charge is 0.369 e. The summed E-state index contributed by atoms with van der Waals surface area (Å²) >= 11 is 0. The first kappa shape index (κ1) is 17.2. The Balaban J connectivity index is 1.68. The zero-order valence-corrected chi connectivity index (χ0v) is 14.7. The predicted octanol–water partition coefficient (Wildman–Crippen LogP) is 2.20. The second kappa shape index (κ2) is 7.51. The minimum absolute atomic E-state index is 0.0368. The number of nitrogens with one attached hydrogen (secondary N) is 1. The van der Waals surface area contributed by atoms with Gasteiger partial charge in [0.1, 0.15) is 0 Å². The molecule has 1 fully saturated rings. The van der Waals surface area contributed by atoms with Crippen LogP contribution in [0.4, 0.5) is 11.4 Å². The Morgan fingerprint density at radius 2 is 2.20 bits per heavy atom. The summed E-state index contributed by atoms with van der Waals surface area (Å²) in [5.41, 5.74) is 2.69. The van der Waals surface area contributed by atoms with E-state index in [4.69, 9.17) is 0 Å². The molecule has 0 spiro atoms. The number of nitrogens with zero attached hydrogens (tertiary/aromatic N) is 3. The first-order chi connectivity index (χ1) is 12.1. The summed E-state index contributed by atoms with van der Waals surface area (Å²) < 4.78 is 1.30. The van der Waals surface area contributed by atoms with E-state index in [-0.39, 0.29) is 17.4 Å². The highest BCUT2D eigenvalue weighted by molar-refractivity contribution is 5.93. The molecule has 0 radical (unpaired) electrons. The number of anilines is 2. The summed E-state index contributed by atoms with van der Waals surface area (Å²) in [5.74, 6) is -0.0576. The Morgan fingerprint density at radius 3 is 2.96 bits per heavy atom. The van der Waals surface area contributed by atoms with Gasteiger partial charge in [-0.25, -0.2) is 4.68 Å². The topological polar surface area (TPSA) is 67.2 Å². The average molecular weight is 340 g/mol. The Morgan fingerprint density at radius 1 is 1.36 bits per heavy atom. The number of piperidine rings is 1. The normalized spacial score (nSPS) is 17.4. The lowest BCUT2D eigenvalue weighted by molar-refractivity contribution is -0.120. The number of aryl methyl sites for hydroxylation is 2. The van der Waals surface area contributed by atoms with Crippen LogP contribution in [-0.4, -0.2) is 28.8 Å². The number of benzene rings is 1. The molecule has 132 valence electrons. The van der Waals surface area contributed by atoms with Crippen LogP contribution >= 0.6 is 0 Å². The lowest BCUT2D eigenvalue weighted by Gasteiger charge is -2.33. The molecule has 1 aliphatic heterocycles. The van der Waals surface area contributed by atoms with Crippen LogP contribution in [0, 0.1) is 5.92 Å². The minimum atomic E-state index is -0.138. The van der Waals surface area contributed by atoms with Gasteiger partial charge in [0, 0.05) is 31.9 Å². The van der Waals surface area contributed by atoms with Gasteiger partial charge in [0.2, 0.25) is 5.91 Å². The molecule has 2 aromatic rings. The van der Waals surface area contributed by atoms with Crippen LogP contribution in [0.15, 0.2) is 41.3 Å². The van der Waals surface area contributed by atoms with E-state index in [0.717, 1.165) is 37.2 Å². The van der Waals surface area contributed by atoms with Crippen LogP contribution in [-0.2, 0) is 18.3 Å². The lowest BCUT2D eigenvalue weighted by atomic mass is 9.96. The number of hydrogen-bond acceptors (Lipinski definition) is 4. The Hall–Kier alpha value is -2.63. The molecule has 1 atom stereocenters. The van der Waals surface area contributed by atoms with Gasteiger partial charge in [0.05, 0.1) is 17.8 Å². The zero-order valence-electron chi connectivity index (χ0n) is 14.7. The summed E-state index contributed by atoms with van der Waals surface area (Å²) in [6, 6.07) is 9.54. The van der Waals surface area contributed by atoms with E-state index >= 15 is 0 Å². The van der Waals surface area contributed by atoms with E-state index in [2.05, 4.69) is 28.3 Å². The van der Waals surface area contributed by atoms with E-state index in [0.29, 0.717) is 6.54 Å². The number of amides is 1. The summed E-state index contributed by atoms with van der Waals surface area (Å²) in [5, 5.41) is 7.10. The maximum atomic E-state index is 12.6. The van der Waals surface area contributed by atoms with Gasteiger partial charge in [-0.05, 0) is 37.0 Å². The molecule has 3 rings (SSSR count). The molecule has 2 heterocycles. The molecule has 1 saturated heterocycles. The molecule has 25 heavy (non-hydrogen) atoms. The smallest absolute Gasteiger partial charge is 0.268 e. The van der Waals surface area contributed by atoms with E-state index in [9.17, 15) is 9.59 Å². The van der Waals surface area contributed by atoms with Crippen molar-refractivity contribution in [1.82, 2.24) is 9.78 Å². The third kappa shape index (κ3) is 4.07. The molecule has 1 aromatic heterocycles. The number of carbonyl (C=O) groups excluding carboxylic acids is 1. The fourth-order valence-electron chi connectivity index (χ4n) is 3.17. The highest BCUT2D eigenvalue weighted by atomic mass is 16.2. The lowest BCUT2D eigenvalue weighted by Crippen LogP contribution is -2.41. The highest BCUT2D eigenvalue weighted by Gasteiger charge is 2.26. The van der Waals surface area contributed by atoms with E-state index in [1.165, 1.54) is 10.2 Å². The Labute approximate surface area is 147 Å². The fourth-order valence-corrected chi connectivity index (χ4v) is 3.17. The van der Waals surface area contributed by atoms with Gasteiger partial charge in [0.15, 0.2) is 0 Å². The van der Waals surface area contributed by atoms with Crippen LogP contribution < -0.4 is 15.8 Å². The molecular weight excluding hydrogens is 316 g/mol. The number of carbonyl (C=O) groups is 1. The number of aromatic nitrogens is 2. The van der Waals surface area contributed by atoms with Crippen LogP contribution in [0.3, 0.4) is 0 Å². The van der Waals surface area contributed by atoms with E-state index in [1.807, 2.05) is 18.2 Å². The van der Waals surface area contributed by atoms with Gasteiger partial charge >= 0.3 is 0 Å². The second-order valence-corrected chi connectivity index (χ2v) is 6.50. The van der Waals surface area contributed by atoms with Gasteiger partial charge in [-0.1, -0.05) is 19.1 Å². The maximum absolute atomic E-state index is 12.6. The second-order valence-electron chi connectivity index (χ2n) is 6.50. The summed E-state index contributed by atoms with van der Waals surface area (Å²) in [7, 11) is 1.63. The van der Waals surface area contributed by atoms with Crippen molar-refractivity contribution in [1.29, 1.82) is 0 Å². The fraction of sp³-hybridized carbons (Fsp3) is 0.421. The molecule has 1 amide bonds. The average Bonchev–Trinajstić information content (AvgIpc) is 2.64. The molecule has 1 aliphatic rings. The number of rotatable bonds is 4. The molecule has 0 unspecified atom stereocenters. The quantitative estimate of drug-likeness (QED) is 0.926. The first-order valence-electron chi connectivity index (χ1n) is 8.75. The van der Waals surface area contributed by atoms with Crippen molar-refractivity contribution in [3.05, 3.63) is 52.4 Å². The summed E-state index contributed by atoms with van der Waals surface area (Å²) in [6.45, 7) is 3.54. The third-order valence-corrected chi connectivity index (χ3v) is 4.71. The monoisotopic (exact) mass is 340 g/mol. The number of hydrogen-bond donors (Lipinski definition) is 1. The van der Waals surface area contributed by atoms with Gasteiger partial charge in [-0.3, -0.25) is 9.59 Å². The SMILES string of the molecule is CCc1cccc(NC(=O)[C@@H]2CCCN(c3cnn(C)c(=O)c3)C2)c1. The van der Waals surface area contributed by atoms with Gasteiger partial charge in [0.25, 0.3) is 5.56 Å².